The lowest BCUT2D eigenvalue weighted by Crippen LogP contribution is -2.47. The van der Waals surface area contributed by atoms with Crippen LogP contribution in [0.2, 0.25) is 0 Å². The number of benzene rings is 6. The standard InChI is InChI=1S/C44H42O2/c1-7-19-37(20-8-1)31-43(32-38-21-9-2-10-22-38,33-39-23-11-3-12-24-39)45-46-44(34-40-25-13-4-14-26-40,35-41-27-15-5-16-28-41)36-42-29-17-6-18-30-42/h1-30H,31-36H2. The number of rotatable bonds is 15. The first-order valence-corrected chi connectivity index (χ1v) is 16.3. The van der Waals surface area contributed by atoms with Crippen molar-refractivity contribution in [3.63, 3.8) is 0 Å². The zero-order chi connectivity index (χ0) is 31.3. The second-order valence-corrected chi connectivity index (χ2v) is 12.5. The van der Waals surface area contributed by atoms with Crippen LogP contribution in [0.15, 0.2) is 182 Å². The zero-order valence-electron chi connectivity index (χ0n) is 26.4. The van der Waals surface area contributed by atoms with Crippen molar-refractivity contribution in [3.8, 4) is 0 Å². The predicted octanol–water partition coefficient (Wildman–Crippen LogP) is 9.87. The van der Waals surface area contributed by atoms with E-state index in [2.05, 4.69) is 182 Å². The van der Waals surface area contributed by atoms with Crippen molar-refractivity contribution in [2.75, 3.05) is 0 Å². The van der Waals surface area contributed by atoms with Crippen LogP contribution < -0.4 is 0 Å². The lowest BCUT2D eigenvalue weighted by atomic mass is 9.82. The highest BCUT2D eigenvalue weighted by Crippen LogP contribution is 2.34. The fraction of sp³-hybridized carbons (Fsp3) is 0.182. The summed E-state index contributed by atoms with van der Waals surface area (Å²) >= 11 is 0. The highest BCUT2D eigenvalue weighted by atomic mass is 17.2. The molecule has 0 spiro atoms. The summed E-state index contributed by atoms with van der Waals surface area (Å²) in [7, 11) is 0. The van der Waals surface area contributed by atoms with E-state index in [1.807, 2.05) is 0 Å². The van der Waals surface area contributed by atoms with Gasteiger partial charge in [0.15, 0.2) is 0 Å². The van der Waals surface area contributed by atoms with E-state index in [1.165, 1.54) is 33.4 Å². The van der Waals surface area contributed by atoms with Crippen LogP contribution >= 0.6 is 0 Å². The van der Waals surface area contributed by atoms with Gasteiger partial charge in [-0.2, -0.15) is 0 Å². The third-order valence-corrected chi connectivity index (χ3v) is 8.61. The molecule has 0 saturated carbocycles. The molecule has 0 N–H and O–H groups in total. The van der Waals surface area contributed by atoms with Crippen LogP contribution in [0.5, 0.6) is 0 Å². The van der Waals surface area contributed by atoms with Crippen LogP contribution in [0.3, 0.4) is 0 Å². The van der Waals surface area contributed by atoms with Gasteiger partial charge in [0.05, 0.1) is 0 Å². The summed E-state index contributed by atoms with van der Waals surface area (Å²) in [6.07, 6.45) is 4.22. The van der Waals surface area contributed by atoms with Gasteiger partial charge in [-0.1, -0.05) is 182 Å². The van der Waals surface area contributed by atoms with Crippen molar-refractivity contribution < 1.29 is 9.78 Å². The van der Waals surface area contributed by atoms with E-state index in [1.54, 1.807) is 0 Å². The fourth-order valence-electron chi connectivity index (χ4n) is 6.54. The van der Waals surface area contributed by atoms with Gasteiger partial charge in [-0.3, -0.25) is 0 Å². The van der Waals surface area contributed by atoms with Crippen LogP contribution in [0.25, 0.3) is 0 Å². The molecular weight excluding hydrogens is 560 g/mol. The summed E-state index contributed by atoms with van der Waals surface area (Å²) in [4.78, 5) is 14.2. The topological polar surface area (TPSA) is 18.5 Å². The molecule has 0 saturated heterocycles. The minimum absolute atomic E-state index is 0.667. The van der Waals surface area contributed by atoms with Crippen LogP contribution in [0, 0.1) is 0 Å². The molecular formula is C44H42O2. The summed E-state index contributed by atoms with van der Waals surface area (Å²) in [5, 5.41) is 0. The largest absolute Gasteiger partial charge is 0.228 e. The average molecular weight is 603 g/mol. The van der Waals surface area contributed by atoms with E-state index in [4.69, 9.17) is 9.78 Å². The maximum atomic E-state index is 7.12. The van der Waals surface area contributed by atoms with Crippen molar-refractivity contribution >= 4 is 0 Å². The summed E-state index contributed by atoms with van der Waals surface area (Å²) in [6, 6.07) is 64.0. The molecule has 0 amide bonds. The van der Waals surface area contributed by atoms with Gasteiger partial charge in [0.1, 0.15) is 11.2 Å². The molecule has 0 aliphatic heterocycles. The van der Waals surface area contributed by atoms with Crippen LogP contribution in [-0.2, 0) is 48.3 Å². The molecule has 6 aromatic rings. The lowest BCUT2D eigenvalue weighted by Gasteiger charge is -2.40. The fourth-order valence-corrected chi connectivity index (χ4v) is 6.54. The molecule has 0 atom stereocenters. The zero-order valence-corrected chi connectivity index (χ0v) is 26.4. The van der Waals surface area contributed by atoms with E-state index < -0.39 is 11.2 Å². The first kappa shape index (κ1) is 31.2. The van der Waals surface area contributed by atoms with Crippen LogP contribution in [0.4, 0.5) is 0 Å². The Hall–Kier alpha value is -4.76. The van der Waals surface area contributed by atoms with Gasteiger partial charge in [-0.25, -0.2) is 9.78 Å². The van der Waals surface area contributed by atoms with Gasteiger partial charge in [-0.05, 0) is 33.4 Å². The molecule has 230 valence electrons. The predicted molar refractivity (Wildman–Crippen MR) is 189 cm³/mol. The van der Waals surface area contributed by atoms with Gasteiger partial charge in [-0.15, -0.1) is 0 Å². The first-order chi connectivity index (χ1) is 22.7. The van der Waals surface area contributed by atoms with Crippen molar-refractivity contribution in [1.82, 2.24) is 0 Å². The second kappa shape index (κ2) is 15.5. The quantitative estimate of drug-likeness (QED) is 0.0860. The van der Waals surface area contributed by atoms with Gasteiger partial charge in [0.25, 0.3) is 0 Å². The Balaban J connectivity index is 1.44. The van der Waals surface area contributed by atoms with E-state index >= 15 is 0 Å². The molecule has 0 fully saturated rings. The Morgan fingerprint density at radius 2 is 0.391 bits per heavy atom. The van der Waals surface area contributed by atoms with Crippen molar-refractivity contribution in [2.24, 2.45) is 0 Å². The third kappa shape index (κ3) is 8.91. The lowest BCUT2D eigenvalue weighted by molar-refractivity contribution is -0.414. The number of hydrogen-bond donors (Lipinski definition) is 0. The molecule has 46 heavy (non-hydrogen) atoms. The molecule has 0 heterocycles. The summed E-state index contributed by atoms with van der Waals surface area (Å²) in [5.74, 6) is 0. The van der Waals surface area contributed by atoms with Gasteiger partial charge in [0, 0.05) is 38.5 Å². The van der Waals surface area contributed by atoms with Crippen molar-refractivity contribution in [3.05, 3.63) is 215 Å². The SMILES string of the molecule is c1ccc(CC(Cc2ccccc2)(Cc2ccccc2)OOC(Cc2ccccc2)(Cc2ccccc2)Cc2ccccc2)cc1. The molecule has 2 nitrogen and oxygen atoms in total. The average Bonchev–Trinajstić information content (AvgIpc) is 3.10. The Labute approximate surface area is 274 Å². The molecule has 2 heteroatoms. The molecule has 0 aliphatic rings. The number of hydrogen-bond acceptors (Lipinski definition) is 2. The summed E-state index contributed by atoms with van der Waals surface area (Å²) in [5.41, 5.74) is 5.99. The summed E-state index contributed by atoms with van der Waals surface area (Å²) < 4.78 is 0. The Morgan fingerprint density at radius 1 is 0.239 bits per heavy atom. The monoisotopic (exact) mass is 602 g/mol. The van der Waals surface area contributed by atoms with Crippen molar-refractivity contribution in [2.45, 2.75) is 49.7 Å². The summed E-state index contributed by atoms with van der Waals surface area (Å²) in [6.45, 7) is 0. The minimum atomic E-state index is -0.667. The highest BCUT2D eigenvalue weighted by Gasteiger charge is 2.40. The second-order valence-electron chi connectivity index (χ2n) is 12.5. The Bertz CT molecular complexity index is 1370. The molecule has 0 unspecified atom stereocenters. The van der Waals surface area contributed by atoms with E-state index in [9.17, 15) is 0 Å². The van der Waals surface area contributed by atoms with Crippen LogP contribution in [0.1, 0.15) is 33.4 Å². The van der Waals surface area contributed by atoms with Crippen LogP contribution in [-0.4, -0.2) is 11.2 Å². The normalized spacial score (nSPS) is 11.7. The molecule has 0 aliphatic carbocycles. The van der Waals surface area contributed by atoms with E-state index in [0.717, 1.165) is 0 Å². The minimum Gasteiger partial charge on any atom is -0.228 e. The molecule has 0 radical (unpaired) electrons. The first-order valence-electron chi connectivity index (χ1n) is 16.3. The molecule has 6 rings (SSSR count). The highest BCUT2D eigenvalue weighted by molar-refractivity contribution is 5.28. The van der Waals surface area contributed by atoms with E-state index in [0.29, 0.717) is 38.5 Å². The van der Waals surface area contributed by atoms with Crippen molar-refractivity contribution in [1.29, 1.82) is 0 Å². The molecule has 6 aromatic carbocycles. The third-order valence-electron chi connectivity index (χ3n) is 8.61. The smallest absolute Gasteiger partial charge is 0.116 e. The maximum Gasteiger partial charge on any atom is 0.116 e. The van der Waals surface area contributed by atoms with E-state index in [-0.39, 0.29) is 0 Å². The molecule has 0 aromatic heterocycles. The van der Waals surface area contributed by atoms with Gasteiger partial charge in [0.2, 0.25) is 0 Å². The Morgan fingerprint density at radius 3 is 0.543 bits per heavy atom. The maximum absolute atomic E-state index is 7.12. The molecule has 0 bridgehead atoms. The van der Waals surface area contributed by atoms with Gasteiger partial charge < -0.3 is 0 Å². The Kier molecular flexibility index (Phi) is 10.5. The van der Waals surface area contributed by atoms with Gasteiger partial charge >= 0.3 is 0 Å².